The summed E-state index contributed by atoms with van der Waals surface area (Å²) in [6.07, 6.45) is 52.8. The minimum Gasteiger partial charge on any atom is -0.454 e. The predicted molar refractivity (Wildman–Crippen MR) is 291 cm³/mol. The van der Waals surface area contributed by atoms with E-state index in [0.29, 0.717) is 19.3 Å². The Kier molecular flexibility index (Phi) is 43.6. The maximum absolute atomic E-state index is 13.3. The molecule has 11 nitrogen and oxygen atoms in total. The number of hydrogen-bond donors (Lipinski definition) is 6. The second kappa shape index (κ2) is 47.3. The van der Waals surface area contributed by atoms with E-state index in [-0.39, 0.29) is 19.4 Å². The average Bonchev–Trinajstić information content (AvgIpc) is 3.37. The Morgan fingerprint density at radius 3 is 1.66 bits per heavy atom. The number of carbonyl (C=O) groups excluding carboxylic acids is 2. The number of unbranched alkanes of at least 4 members (excludes halogenated alkanes) is 16. The van der Waals surface area contributed by atoms with Crippen molar-refractivity contribution in [3.63, 3.8) is 0 Å². The van der Waals surface area contributed by atoms with Gasteiger partial charge in [0, 0.05) is 6.42 Å². The molecule has 71 heavy (non-hydrogen) atoms. The number of rotatable bonds is 44. The van der Waals surface area contributed by atoms with Gasteiger partial charge < -0.3 is 45.1 Å². The first kappa shape index (κ1) is 65.3. The van der Waals surface area contributed by atoms with Crippen LogP contribution < -0.4 is 5.32 Å². The summed E-state index contributed by atoms with van der Waals surface area (Å²) < 4.78 is 17.5. The molecule has 0 aromatic heterocycles. The topological polar surface area (TPSA) is 175 Å². The molecule has 0 spiro atoms. The lowest BCUT2D eigenvalue weighted by atomic mass is 9.99. The van der Waals surface area contributed by atoms with E-state index in [1.54, 1.807) is 6.08 Å². The molecular formula is C60H99NO10. The zero-order chi connectivity index (χ0) is 51.8. The summed E-state index contributed by atoms with van der Waals surface area (Å²) in [6.45, 7) is 5.46. The second-order valence-corrected chi connectivity index (χ2v) is 18.6. The van der Waals surface area contributed by atoms with Crippen LogP contribution in [0.25, 0.3) is 0 Å². The van der Waals surface area contributed by atoms with E-state index in [2.05, 4.69) is 86.8 Å². The van der Waals surface area contributed by atoms with Crippen molar-refractivity contribution in [3.8, 4) is 0 Å². The molecule has 404 valence electrons. The highest BCUT2D eigenvalue weighted by Crippen LogP contribution is 2.26. The van der Waals surface area contributed by atoms with Crippen LogP contribution in [0.5, 0.6) is 0 Å². The molecule has 1 heterocycles. The van der Waals surface area contributed by atoms with Crippen LogP contribution in [0, 0.1) is 0 Å². The Morgan fingerprint density at radius 1 is 0.577 bits per heavy atom. The van der Waals surface area contributed by atoms with Crippen LogP contribution in [0.4, 0.5) is 0 Å². The number of nitrogens with one attached hydrogen (secondary N) is 1. The van der Waals surface area contributed by atoms with Gasteiger partial charge in [-0.2, -0.15) is 0 Å². The summed E-state index contributed by atoms with van der Waals surface area (Å²) in [6, 6.07) is -1.05. The third-order valence-electron chi connectivity index (χ3n) is 12.2. The zero-order valence-corrected chi connectivity index (χ0v) is 44.3. The predicted octanol–water partition coefficient (Wildman–Crippen LogP) is 12.2. The maximum atomic E-state index is 13.3. The quantitative estimate of drug-likeness (QED) is 0.0149. The highest BCUT2D eigenvalue weighted by atomic mass is 16.7. The highest BCUT2D eigenvalue weighted by molar-refractivity contribution is 5.80. The molecule has 0 aromatic rings. The van der Waals surface area contributed by atoms with Crippen molar-refractivity contribution in [3.05, 3.63) is 109 Å². The molecular weight excluding hydrogens is 895 g/mol. The molecule has 8 unspecified atom stereocenters. The number of allylic oxidation sites excluding steroid dienone is 17. The minimum absolute atomic E-state index is 0.0365. The number of amides is 1. The molecule has 0 aliphatic carbocycles. The number of aliphatic hydroxyl groups is 5. The molecule has 0 saturated carbocycles. The number of esters is 1. The molecule has 1 rings (SSSR count). The highest BCUT2D eigenvalue weighted by Gasteiger charge is 2.47. The lowest BCUT2D eigenvalue weighted by Crippen LogP contribution is -2.61. The monoisotopic (exact) mass is 994 g/mol. The number of hydrogen-bond acceptors (Lipinski definition) is 10. The summed E-state index contributed by atoms with van der Waals surface area (Å²) in [5, 5.41) is 56.7. The molecule has 11 heteroatoms. The van der Waals surface area contributed by atoms with Crippen molar-refractivity contribution in [1.29, 1.82) is 0 Å². The van der Waals surface area contributed by atoms with Gasteiger partial charge in [0.1, 0.15) is 24.4 Å². The molecule has 0 bridgehead atoms. The van der Waals surface area contributed by atoms with Gasteiger partial charge in [0.25, 0.3) is 0 Å². The standard InChI is InChI=1S/C60H99NO10/c1-4-7-10-13-16-19-22-25-26-27-28-30-33-36-39-42-45-48-55(65)71-58-57(67)56(66)54(49-62)70-60(58)69-50-51(52(63)46-43-40-37-34-32-29-23-20-17-14-11-8-5-2)61-59(68)53(64)47-44-41-38-35-31-24-21-18-15-12-9-6-3/h7,9-10,12,15-16,18-19,21,24-26,28,30,36,39,43,46,51-54,56-58,60,62-64,66-67H,4-6,8,11,13-14,17,20,22-23,27,29,31-35,37-38,40-42,44-45,47-50H2,1-3H3,(H,61,68)/b10-7-,12-9+,18-15+,19-16-,24-21-,26-25-,30-28-,39-36-,46-43+. The normalized spacial score (nSPS) is 20.5. The lowest BCUT2D eigenvalue weighted by molar-refractivity contribution is -0.305. The van der Waals surface area contributed by atoms with Gasteiger partial charge in [-0.15, -0.1) is 0 Å². The summed E-state index contributed by atoms with van der Waals surface area (Å²) >= 11 is 0. The lowest BCUT2D eigenvalue weighted by Gasteiger charge is -2.41. The molecule has 8 atom stereocenters. The van der Waals surface area contributed by atoms with Crippen molar-refractivity contribution in [2.45, 2.75) is 243 Å². The average molecular weight is 994 g/mol. The Balaban J connectivity index is 2.81. The number of ether oxygens (including phenoxy) is 3. The fourth-order valence-electron chi connectivity index (χ4n) is 7.86. The molecule has 0 radical (unpaired) electrons. The summed E-state index contributed by atoms with van der Waals surface area (Å²) in [7, 11) is 0. The Bertz CT molecular complexity index is 1560. The summed E-state index contributed by atoms with van der Waals surface area (Å²) in [5.41, 5.74) is 0. The van der Waals surface area contributed by atoms with E-state index in [1.165, 1.54) is 51.4 Å². The van der Waals surface area contributed by atoms with E-state index in [4.69, 9.17) is 14.2 Å². The summed E-state index contributed by atoms with van der Waals surface area (Å²) in [5.74, 6) is -1.29. The Hall–Kier alpha value is -3.68. The van der Waals surface area contributed by atoms with Gasteiger partial charge in [-0.25, -0.2) is 0 Å². The maximum Gasteiger partial charge on any atom is 0.306 e. The van der Waals surface area contributed by atoms with Crippen molar-refractivity contribution in [1.82, 2.24) is 5.32 Å². The van der Waals surface area contributed by atoms with Gasteiger partial charge in [0.15, 0.2) is 12.4 Å². The van der Waals surface area contributed by atoms with Crippen LogP contribution in [0.15, 0.2) is 109 Å². The van der Waals surface area contributed by atoms with Gasteiger partial charge in [-0.1, -0.05) is 214 Å². The molecule has 1 saturated heterocycles. The largest absolute Gasteiger partial charge is 0.454 e. The first-order valence-corrected chi connectivity index (χ1v) is 27.7. The molecule has 1 fully saturated rings. The minimum atomic E-state index is -1.65. The van der Waals surface area contributed by atoms with E-state index >= 15 is 0 Å². The van der Waals surface area contributed by atoms with E-state index in [0.717, 1.165) is 89.9 Å². The van der Waals surface area contributed by atoms with Crippen molar-refractivity contribution in [2.75, 3.05) is 13.2 Å². The zero-order valence-electron chi connectivity index (χ0n) is 44.3. The Morgan fingerprint density at radius 2 is 1.08 bits per heavy atom. The van der Waals surface area contributed by atoms with E-state index < -0.39 is 67.4 Å². The van der Waals surface area contributed by atoms with Gasteiger partial charge >= 0.3 is 5.97 Å². The number of aliphatic hydroxyl groups excluding tert-OH is 5. The molecule has 6 N–H and O–H groups in total. The van der Waals surface area contributed by atoms with Gasteiger partial charge in [0.05, 0.1) is 25.4 Å². The van der Waals surface area contributed by atoms with E-state index in [9.17, 15) is 35.1 Å². The van der Waals surface area contributed by atoms with Crippen LogP contribution >= 0.6 is 0 Å². The molecule has 0 aromatic carbocycles. The Labute approximate surface area is 430 Å². The second-order valence-electron chi connectivity index (χ2n) is 18.6. The smallest absolute Gasteiger partial charge is 0.306 e. The van der Waals surface area contributed by atoms with Gasteiger partial charge in [-0.3, -0.25) is 9.59 Å². The summed E-state index contributed by atoms with van der Waals surface area (Å²) in [4.78, 5) is 26.4. The van der Waals surface area contributed by atoms with Crippen LogP contribution in [0.1, 0.15) is 194 Å². The van der Waals surface area contributed by atoms with Crippen molar-refractivity contribution < 1.29 is 49.3 Å². The van der Waals surface area contributed by atoms with Gasteiger partial charge in [0.2, 0.25) is 5.91 Å². The molecule has 1 aliphatic rings. The van der Waals surface area contributed by atoms with Crippen molar-refractivity contribution >= 4 is 11.9 Å². The van der Waals surface area contributed by atoms with Crippen LogP contribution in [-0.4, -0.2) is 99.6 Å². The third-order valence-corrected chi connectivity index (χ3v) is 12.2. The first-order chi connectivity index (χ1) is 34.7. The first-order valence-electron chi connectivity index (χ1n) is 27.7. The third kappa shape index (κ3) is 36.0. The molecule has 1 aliphatic heterocycles. The number of carbonyl (C=O) groups is 2. The van der Waals surface area contributed by atoms with Crippen LogP contribution in [0.3, 0.4) is 0 Å². The fraction of sp³-hybridized carbons (Fsp3) is 0.667. The van der Waals surface area contributed by atoms with Crippen molar-refractivity contribution in [2.24, 2.45) is 0 Å². The van der Waals surface area contributed by atoms with E-state index in [1.807, 2.05) is 42.5 Å². The SMILES string of the molecule is CC/C=C\C/C=C\C/C=C\C/C=C\C/C=C\CCCC(=O)OC1C(OCC(NC(=O)C(O)CCCCCC\C=C/C=C/C=C/CC)C(O)/C=C/CCCCCCCCCCCCC)OC(CO)C(O)C1O. The molecule has 1 amide bonds. The fourth-order valence-corrected chi connectivity index (χ4v) is 7.86. The van der Waals surface area contributed by atoms with Crippen LogP contribution in [0.2, 0.25) is 0 Å². The van der Waals surface area contributed by atoms with Crippen LogP contribution in [-0.2, 0) is 23.8 Å². The van der Waals surface area contributed by atoms with Gasteiger partial charge in [-0.05, 0) is 83.5 Å².